The average Bonchev–Trinajstić information content (AvgIpc) is 3.12. The van der Waals surface area contributed by atoms with Crippen molar-refractivity contribution >= 4 is 29.0 Å². The first-order valence-corrected chi connectivity index (χ1v) is 9.86. The van der Waals surface area contributed by atoms with E-state index in [9.17, 15) is 18.0 Å². The van der Waals surface area contributed by atoms with Crippen LogP contribution in [0.15, 0.2) is 53.7 Å². The third kappa shape index (κ3) is 4.38. The summed E-state index contributed by atoms with van der Waals surface area (Å²) in [5, 5.41) is 7.51. The average molecular weight is 438 g/mol. The molecule has 2 aliphatic rings. The molecule has 2 heterocycles. The van der Waals surface area contributed by atoms with Gasteiger partial charge in [0.05, 0.1) is 11.3 Å². The van der Waals surface area contributed by atoms with Crippen molar-refractivity contribution < 1.29 is 22.8 Å². The van der Waals surface area contributed by atoms with Gasteiger partial charge in [-0.2, -0.15) is 13.2 Å². The molecule has 0 atom stereocenters. The molecule has 0 aliphatic carbocycles. The number of anilines is 1. The van der Waals surface area contributed by atoms with Crippen LogP contribution >= 0.6 is 11.6 Å². The summed E-state index contributed by atoms with van der Waals surface area (Å²) in [4.78, 5) is 19.9. The number of hydrogen-bond acceptors (Lipinski definition) is 3. The normalized spacial score (nSPS) is 18.1. The number of nitrogens with zero attached hydrogens (tertiary/aromatic N) is 2. The first-order chi connectivity index (χ1) is 14.2. The van der Waals surface area contributed by atoms with Crippen molar-refractivity contribution in [2.75, 3.05) is 18.4 Å². The zero-order chi connectivity index (χ0) is 21.4. The number of alkyl halides is 3. The van der Waals surface area contributed by atoms with E-state index in [2.05, 4.69) is 10.5 Å². The number of rotatable bonds is 2. The molecule has 2 aromatic rings. The minimum atomic E-state index is -4.41. The number of hydrogen-bond donors (Lipinski definition) is 1. The maximum atomic E-state index is 12.7. The van der Waals surface area contributed by atoms with Gasteiger partial charge in [0.2, 0.25) is 0 Å². The number of halogens is 4. The molecule has 0 radical (unpaired) electrons. The Morgan fingerprint density at radius 2 is 1.83 bits per heavy atom. The fourth-order valence-electron chi connectivity index (χ4n) is 3.67. The van der Waals surface area contributed by atoms with Crippen molar-refractivity contribution in [1.82, 2.24) is 4.90 Å². The van der Waals surface area contributed by atoms with E-state index < -0.39 is 17.3 Å². The Morgan fingerprint density at radius 3 is 2.47 bits per heavy atom. The van der Waals surface area contributed by atoms with Gasteiger partial charge in [-0.15, -0.1) is 0 Å². The molecule has 0 unspecified atom stereocenters. The molecule has 0 saturated carbocycles. The lowest BCUT2D eigenvalue weighted by Crippen LogP contribution is -2.48. The van der Waals surface area contributed by atoms with Crippen LogP contribution < -0.4 is 5.32 Å². The molecule has 0 aromatic heterocycles. The Labute approximate surface area is 176 Å². The van der Waals surface area contributed by atoms with E-state index in [1.807, 2.05) is 18.2 Å². The van der Waals surface area contributed by atoms with Crippen molar-refractivity contribution in [3.8, 4) is 0 Å². The van der Waals surface area contributed by atoms with Crippen LogP contribution in [0.25, 0.3) is 0 Å². The highest BCUT2D eigenvalue weighted by Crippen LogP contribution is 2.36. The molecule has 30 heavy (non-hydrogen) atoms. The molecule has 5 nitrogen and oxygen atoms in total. The summed E-state index contributed by atoms with van der Waals surface area (Å²) in [6.07, 6.45) is -2.54. The zero-order valence-corrected chi connectivity index (χ0v) is 16.6. The quantitative estimate of drug-likeness (QED) is 0.669. The summed E-state index contributed by atoms with van der Waals surface area (Å²) in [6, 6.07) is 11.5. The zero-order valence-electron chi connectivity index (χ0n) is 15.9. The number of benzene rings is 2. The second-order valence-corrected chi connectivity index (χ2v) is 7.93. The predicted octanol–water partition coefficient (Wildman–Crippen LogP) is 5.55. The lowest BCUT2D eigenvalue weighted by Gasteiger charge is -2.37. The van der Waals surface area contributed by atoms with Gasteiger partial charge in [-0.05, 0) is 36.4 Å². The summed E-state index contributed by atoms with van der Waals surface area (Å²) in [7, 11) is 0. The molecule has 158 valence electrons. The fourth-order valence-corrected chi connectivity index (χ4v) is 3.87. The monoisotopic (exact) mass is 437 g/mol. The van der Waals surface area contributed by atoms with Crippen LogP contribution in [0.5, 0.6) is 0 Å². The largest absolute Gasteiger partial charge is 0.416 e. The second kappa shape index (κ2) is 7.83. The molecule has 1 fully saturated rings. The molecule has 2 aliphatic heterocycles. The molecule has 1 saturated heterocycles. The summed E-state index contributed by atoms with van der Waals surface area (Å²) in [5.74, 6) is 0. The van der Waals surface area contributed by atoms with Crippen LogP contribution in [-0.4, -0.2) is 35.3 Å². The minimum Gasteiger partial charge on any atom is -0.388 e. The molecule has 2 aromatic carbocycles. The van der Waals surface area contributed by atoms with E-state index in [0.717, 1.165) is 23.4 Å². The van der Waals surface area contributed by atoms with Gasteiger partial charge in [-0.25, -0.2) is 4.79 Å². The van der Waals surface area contributed by atoms with Gasteiger partial charge in [0, 0.05) is 48.6 Å². The highest BCUT2D eigenvalue weighted by Gasteiger charge is 2.43. The van der Waals surface area contributed by atoms with Crippen LogP contribution in [0, 0.1) is 0 Å². The van der Waals surface area contributed by atoms with E-state index in [4.69, 9.17) is 16.4 Å². The second-order valence-electron chi connectivity index (χ2n) is 7.49. The van der Waals surface area contributed by atoms with Crippen molar-refractivity contribution in [2.45, 2.75) is 31.0 Å². The van der Waals surface area contributed by atoms with Gasteiger partial charge in [-0.1, -0.05) is 28.9 Å². The molecule has 9 heteroatoms. The molecular formula is C21H19ClF3N3O2. The van der Waals surface area contributed by atoms with E-state index >= 15 is 0 Å². The van der Waals surface area contributed by atoms with Gasteiger partial charge < -0.3 is 15.1 Å². The first kappa shape index (κ1) is 20.5. The highest BCUT2D eigenvalue weighted by molar-refractivity contribution is 6.31. The van der Waals surface area contributed by atoms with Crippen molar-refractivity contribution in [3.63, 3.8) is 0 Å². The van der Waals surface area contributed by atoms with Crippen LogP contribution in [0.1, 0.15) is 30.4 Å². The predicted molar refractivity (Wildman–Crippen MR) is 108 cm³/mol. The summed E-state index contributed by atoms with van der Waals surface area (Å²) in [6.45, 7) is 0.926. The van der Waals surface area contributed by atoms with Gasteiger partial charge in [0.15, 0.2) is 0 Å². The highest BCUT2D eigenvalue weighted by atomic mass is 35.5. The standard InChI is InChI=1S/C21H19ClF3N3O2/c22-16-3-1-2-14(12-16)18-13-20(30-27-18)8-10-28(11-9-20)19(29)26-17-6-4-15(5-7-17)21(23,24)25/h1-7,12H,8-11,13H2,(H,26,29). The summed E-state index contributed by atoms with van der Waals surface area (Å²) >= 11 is 6.05. The Morgan fingerprint density at radius 1 is 1.13 bits per heavy atom. The van der Waals surface area contributed by atoms with Gasteiger partial charge in [-0.3, -0.25) is 0 Å². The van der Waals surface area contributed by atoms with Crippen LogP contribution in [-0.2, 0) is 11.0 Å². The lowest BCUT2D eigenvalue weighted by atomic mass is 9.85. The smallest absolute Gasteiger partial charge is 0.388 e. The molecule has 1 spiro atoms. The third-order valence-corrected chi connectivity index (χ3v) is 5.66. The number of piperidine rings is 1. The molecular weight excluding hydrogens is 419 g/mol. The number of urea groups is 1. The van der Waals surface area contributed by atoms with Gasteiger partial charge >= 0.3 is 12.2 Å². The Kier molecular flexibility index (Phi) is 5.36. The molecule has 1 N–H and O–H groups in total. The van der Waals surface area contributed by atoms with Crippen LogP contribution in [0.3, 0.4) is 0 Å². The molecule has 0 bridgehead atoms. The number of carbonyl (C=O) groups excluding carboxylic acids is 1. The summed E-state index contributed by atoms with van der Waals surface area (Å²) < 4.78 is 38.0. The number of oxime groups is 1. The van der Waals surface area contributed by atoms with E-state index in [0.29, 0.717) is 43.1 Å². The van der Waals surface area contributed by atoms with Crippen molar-refractivity contribution in [1.29, 1.82) is 0 Å². The Hall–Kier alpha value is -2.74. The minimum absolute atomic E-state index is 0.317. The van der Waals surface area contributed by atoms with Gasteiger partial charge in [0.25, 0.3) is 0 Å². The lowest BCUT2D eigenvalue weighted by molar-refractivity contribution is -0.137. The molecule has 2 amide bonds. The van der Waals surface area contributed by atoms with E-state index in [-0.39, 0.29) is 6.03 Å². The van der Waals surface area contributed by atoms with E-state index in [1.165, 1.54) is 12.1 Å². The van der Waals surface area contributed by atoms with Gasteiger partial charge in [0.1, 0.15) is 5.60 Å². The van der Waals surface area contributed by atoms with Crippen LogP contribution in [0.2, 0.25) is 5.02 Å². The number of likely N-dealkylation sites (tertiary alicyclic amines) is 1. The number of amides is 2. The van der Waals surface area contributed by atoms with Crippen LogP contribution in [0.4, 0.5) is 23.7 Å². The Bertz CT molecular complexity index is 968. The van der Waals surface area contributed by atoms with Crippen molar-refractivity contribution in [3.05, 3.63) is 64.7 Å². The van der Waals surface area contributed by atoms with Crippen molar-refractivity contribution in [2.24, 2.45) is 5.16 Å². The SMILES string of the molecule is O=C(Nc1ccc(C(F)(F)F)cc1)N1CCC2(CC1)CC(c1cccc(Cl)c1)=NO2. The number of nitrogens with one attached hydrogen (secondary N) is 1. The molecule has 4 rings (SSSR count). The third-order valence-electron chi connectivity index (χ3n) is 5.42. The van der Waals surface area contributed by atoms with E-state index in [1.54, 1.807) is 11.0 Å². The maximum Gasteiger partial charge on any atom is 0.416 e. The number of carbonyl (C=O) groups is 1. The fraction of sp³-hybridized carbons (Fsp3) is 0.333. The summed E-state index contributed by atoms with van der Waals surface area (Å²) in [5.41, 5.74) is 0.872. The Balaban J connectivity index is 1.32. The first-order valence-electron chi connectivity index (χ1n) is 9.48. The maximum absolute atomic E-state index is 12.7. The topological polar surface area (TPSA) is 53.9 Å².